The summed E-state index contributed by atoms with van der Waals surface area (Å²) in [6, 6.07) is 5.38. The third-order valence-corrected chi connectivity index (χ3v) is 6.58. The first-order chi connectivity index (χ1) is 16.3. The van der Waals surface area contributed by atoms with Crippen LogP contribution < -0.4 is 4.90 Å². The summed E-state index contributed by atoms with van der Waals surface area (Å²) < 4.78 is 1.92. The number of rotatable bonds is 5. The number of halogens is 1. The van der Waals surface area contributed by atoms with Crippen molar-refractivity contribution in [3.63, 3.8) is 0 Å². The number of nitrogens with zero attached hydrogens (tertiary/aromatic N) is 7. The van der Waals surface area contributed by atoms with Gasteiger partial charge in [-0.1, -0.05) is 11.6 Å². The van der Waals surface area contributed by atoms with Crippen LogP contribution >= 0.6 is 11.6 Å². The molecular formula is C24H27ClN8O. The van der Waals surface area contributed by atoms with Crippen LogP contribution in [0.2, 0.25) is 5.02 Å². The first-order valence-electron chi connectivity index (χ1n) is 11.4. The highest BCUT2D eigenvalue weighted by Crippen LogP contribution is 2.27. The molecule has 0 radical (unpaired) electrons. The van der Waals surface area contributed by atoms with Gasteiger partial charge in [-0.25, -0.2) is 15.0 Å². The molecule has 4 heterocycles. The van der Waals surface area contributed by atoms with Crippen LogP contribution in [-0.2, 0) is 26.1 Å². The number of benzene rings is 1. The minimum atomic E-state index is -0.186. The van der Waals surface area contributed by atoms with Gasteiger partial charge in [-0.2, -0.15) is 5.10 Å². The van der Waals surface area contributed by atoms with Crippen molar-refractivity contribution >= 4 is 34.4 Å². The maximum Gasteiger partial charge on any atom is 0.273 e. The lowest BCUT2D eigenvalue weighted by atomic mass is 10.1. The van der Waals surface area contributed by atoms with Gasteiger partial charge in [0.1, 0.15) is 11.5 Å². The van der Waals surface area contributed by atoms with Crippen LogP contribution in [0.15, 0.2) is 24.4 Å². The molecule has 0 aliphatic carbocycles. The van der Waals surface area contributed by atoms with E-state index in [4.69, 9.17) is 21.6 Å². The summed E-state index contributed by atoms with van der Waals surface area (Å²) in [5, 5.41) is 5.58. The fraction of sp³-hybridized carbons (Fsp3) is 0.375. The fourth-order valence-corrected chi connectivity index (χ4v) is 4.64. The summed E-state index contributed by atoms with van der Waals surface area (Å²) in [4.78, 5) is 34.8. The molecular weight excluding hydrogens is 452 g/mol. The van der Waals surface area contributed by atoms with E-state index in [9.17, 15) is 4.79 Å². The standard InChI is InChI=1S/C24H27ClN8O/c1-5-33-14(2)16(11-26-33)12-31(4)23(34)22-18-10-17(25)6-7-19(18)29-24(30-22)32-9-8-20-21(13-32)28-15(3)27-20/h6-7,10-11H,5,8-9,12-13H2,1-4H3,(H,27,28). The number of carbonyl (C=O) groups excluding carboxylic acids is 1. The quantitative estimate of drug-likeness (QED) is 0.470. The van der Waals surface area contributed by atoms with Crippen molar-refractivity contribution in [2.45, 2.75) is 46.8 Å². The van der Waals surface area contributed by atoms with Crippen molar-refractivity contribution in [2.24, 2.45) is 0 Å². The van der Waals surface area contributed by atoms with E-state index in [2.05, 4.69) is 20.0 Å². The van der Waals surface area contributed by atoms with E-state index in [1.807, 2.05) is 37.7 Å². The number of aryl methyl sites for hydroxylation is 2. The summed E-state index contributed by atoms with van der Waals surface area (Å²) in [6.45, 7) is 8.59. The Bertz CT molecular complexity index is 1390. The molecule has 0 fully saturated rings. The molecule has 34 heavy (non-hydrogen) atoms. The van der Waals surface area contributed by atoms with Crippen molar-refractivity contribution in [1.29, 1.82) is 0 Å². The average molecular weight is 479 g/mol. The molecule has 3 aromatic heterocycles. The third-order valence-electron chi connectivity index (χ3n) is 6.34. The van der Waals surface area contributed by atoms with Crippen molar-refractivity contribution < 1.29 is 4.79 Å². The third kappa shape index (κ3) is 4.00. The van der Waals surface area contributed by atoms with Crippen LogP contribution in [0.4, 0.5) is 5.95 Å². The van der Waals surface area contributed by atoms with Gasteiger partial charge in [0.05, 0.1) is 29.6 Å². The Labute approximate surface area is 202 Å². The van der Waals surface area contributed by atoms with Gasteiger partial charge in [-0.3, -0.25) is 9.48 Å². The summed E-state index contributed by atoms with van der Waals surface area (Å²) in [5.74, 6) is 1.24. The lowest BCUT2D eigenvalue weighted by molar-refractivity contribution is 0.0781. The molecule has 1 aliphatic rings. The molecule has 1 aliphatic heterocycles. The number of hydrogen-bond donors (Lipinski definition) is 1. The minimum absolute atomic E-state index is 0.186. The number of hydrogen-bond acceptors (Lipinski definition) is 6. The van der Waals surface area contributed by atoms with E-state index in [-0.39, 0.29) is 5.91 Å². The zero-order chi connectivity index (χ0) is 24.0. The number of nitrogens with one attached hydrogen (secondary N) is 1. The summed E-state index contributed by atoms with van der Waals surface area (Å²) in [7, 11) is 1.78. The van der Waals surface area contributed by atoms with Gasteiger partial charge in [-0.15, -0.1) is 0 Å². The monoisotopic (exact) mass is 478 g/mol. The van der Waals surface area contributed by atoms with Gasteiger partial charge in [0, 0.05) is 54.8 Å². The number of carbonyl (C=O) groups is 1. The van der Waals surface area contributed by atoms with Crippen molar-refractivity contribution in [2.75, 3.05) is 18.5 Å². The van der Waals surface area contributed by atoms with Gasteiger partial charge in [-0.05, 0) is 39.0 Å². The van der Waals surface area contributed by atoms with E-state index in [0.29, 0.717) is 40.7 Å². The molecule has 0 bridgehead atoms. The number of amides is 1. The molecule has 0 saturated heterocycles. The molecule has 0 atom stereocenters. The predicted molar refractivity (Wildman–Crippen MR) is 131 cm³/mol. The zero-order valence-corrected chi connectivity index (χ0v) is 20.5. The van der Waals surface area contributed by atoms with E-state index < -0.39 is 0 Å². The Morgan fingerprint density at radius 3 is 2.82 bits per heavy atom. The molecule has 0 spiro atoms. The highest BCUT2D eigenvalue weighted by molar-refractivity contribution is 6.31. The lowest BCUT2D eigenvalue weighted by Crippen LogP contribution is -2.33. The first-order valence-corrected chi connectivity index (χ1v) is 11.7. The Balaban J connectivity index is 1.50. The fourth-order valence-electron chi connectivity index (χ4n) is 4.47. The molecule has 4 aromatic rings. The molecule has 1 N–H and O–H groups in total. The largest absolute Gasteiger partial charge is 0.344 e. The Morgan fingerprint density at radius 1 is 1.24 bits per heavy atom. The molecule has 1 aromatic carbocycles. The van der Waals surface area contributed by atoms with E-state index in [1.54, 1.807) is 24.1 Å². The molecule has 9 nitrogen and oxygen atoms in total. The SMILES string of the molecule is CCn1ncc(CN(C)C(=O)c2nc(N3CCc4nc(C)[nH]c4C3)nc3ccc(Cl)cc23)c1C. The minimum Gasteiger partial charge on any atom is -0.344 e. The van der Waals surface area contributed by atoms with Gasteiger partial charge in [0.15, 0.2) is 0 Å². The molecule has 5 rings (SSSR count). The maximum atomic E-state index is 13.6. The highest BCUT2D eigenvalue weighted by atomic mass is 35.5. The smallest absolute Gasteiger partial charge is 0.273 e. The van der Waals surface area contributed by atoms with Crippen molar-refractivity contribution in [3.8, 4) is 0 Å². The van der Waals surface area contributed by atoms with E-state index in [0.717, 1.165) is 48.0 Å². The Morgan fingerprint density at radius 2 is 2.06 bits per heavy atom. The predicted octanol–water partition coefficient (Wildman–Crippen LogP) is 3.67. The Kier molecular flexibility index (Phi) is 5.73. The van der Waals surface area contributed by atoms with Gasteiger partial charge in [0.25, 0.3) is 5.91 Å². The second kappa shape index (κ2) is 8.72. The maximum absolute atomic E-state index is 13.6. The number of anilines is 1. The van der Waals surface area contributed by atoms with Crippen LogP contribution in [0.25, 0.3) is 10.9 Å². The average Bonchev–Trinajstić information content (AvgIpc) is 3.38. The lowest BCUT2D eigenvalue weighted by Gasteiger charge is -2.27. The van der Waals surface area contributed by atoms with Crippen LogP contribution in [0.1, 0.15) is 45.9 Å². The van der Waals surface area contributed by atoms with Crippen LogP contribution in [-0.4, -0.2) is 54.1 Å². The normalized spacial score (nSPS) is 13.4. The second-order valence-corrected chi connectivity index (χ2v) is 9.12. The highest BCUT2D eigenvalue weighted by Gasteiger charge is 2.25. The van der Waals surface area contributed by atoms with Crippen LogP contribution in [0.5, 0.6) is 0 Å². The van der Waals surface area contributed by atoms with E-state index >= 15 is 0 Å². The van der Waals surface area contributed by atoms with Crippen LogP contribution in [0.3, 0.4) is 0 Å². The molecule has 0 unspecified atom stereocenters. The molecule has 176 valence electrons. The first kappa shape index (κ1) is 22.3. The number of aromatic amines is 1. The number of aromatic nitrogens is 6. The van der Waals surface area contributed by atoms with Gasteiger partial charge < -0.3 is 14.8 Å². The topological polar surface area (TPSA) is 95.8 Å². The summed E-state index contributed by atoms with van der Waals surface area (Å²) in [5.41, 5.74) is 5.24. The van der Waals surface area contributed by atoms with E-state index in [1.165, 1.54) is 0 Å². The summed E-state index contributed by atoms with van der Waals surface area (Å²) >= 11 is 6.28. The number of imidazole rings is 1. The summed E-state index contributed by atoms with van der Waals surface area (Å²) in [6.07, 6.45) is 2.62. The number of H-pyrrole nitrogens is 1. The Hall–Kier alpha value is -3.46. The molecule has 1 amide bonds. The van der Waals surface area contributed by atoms with Crippen LogP contribution in [0, 0.1) is 13.8 Å². The van der Waals surface area contributed by atoms with Crippen molar-refractivity contribution in [3.05, 3.63) is 63.6 Å². The van der Waals surface area contributed by atoms with Gasteiger partial charge in [0.2, 0.25) is 5.95 Å². The molecule has 10 heteroatoms. The van der Waals surface area contributed by atoms with Crippen molar-refractivity contribution in [1.82, 2.24) is 34.6 Å². The zero-order valence-electron chi connectivity index (χ0n) is 19.8. The van der Waals surface area contributed by atoms with Gasteiger partial charge >= 0.3 is 0 Å². The molecule has 0 saturated carbocycles. The number of fused-ring (bicyclic) bond motifs is 2. The second-order valence-electron chi connectivity index (χ2n) is 8.68.